The molecule has 72 valence electrons. The second-order valence-corrected chi connectivity index (χ2v) is 3.97. The molecule has 2 heterocycles. The highest BCUT2D eigenvalue weighted by atomic mass is 35.5. The van der Waals surface area contributed by atoms with Gasteiger partial charge in [-0.25, -0.2) is 0 Å². The molecule has 4 nitrogen and oxygen atoms in total. The van der Waals surface area contributed by atoms with Gasteiger partial charge in [-0.15, -0.1) is 11.6 Å². The Morgan fingerprint density at radius 2 is 2.38 bits per heavy atom. The van der Waals surface area contributed by atoms with Gasteiger partial charge in [0.05, 0.1) is 12.0 Å². The number of hydrogen-bond acceptors (Lipinski definition) is 2. The molecule has 1 atom stereocenters. The van der Waals surface area contributed by atoms with Crippen molar-refractivity contribution in [2.75, 3.05) is 19.0 Å². The topological polar surface area (TPSA) is 49.4 Å². The zero-order valence-electron chi connectivity index (χ0n) is 7.18. The largest absolute Gasteiger partial charge is 0.348 e. The molecule has 13 heavy (non-hydrogen) atoms. The van der Waals surface area contributed by atoms with Crippen LogP contribution in [0.25, 0.3) is 0 Å². The van der Waals surface area contributed by atoms with E-state index in [1.807, 2.05) is 0 Å². The fourth-order valence-electron chi connectivity index (χ4n) is 2.00. The molecular weight excluding hydrogens is 192 g/mol. The number of amides is 2. The maximum absolute atomic E-state index is 11.2. The third kappa shape index (κ3) is 1.39. The van der Waals surface area contributed by atoms with Crippen LogP contribution in [0.4, 0.5) is 0 Å². The average Bonchev–Trinajstić information content (AvgIpc) is 2.47. The highest BCUT2D eigenvalue weighted by Crippen LogP contribution is 2.30. The molecule has 0 aliphatic carbocycles. The number of alkyl halides is 1. The number of carbonyl (C=O) groups excluding carboxylic acids is 2. The SMILES string of the molecule is O=C1C[C@@]2(CCN(C(=O)CCl)C2)N1. The third-order valence-corrected chi connectivity index (χ3v) is 2.95. The Morgan fingerprint density at radius 1 is 1.69 bits per heavy atom. The van der Waals surface area contributed by atoms with Crippen LogP contribution in [-0.2, 0) is 9.59 Å². The summed E-state index contributed by atoms with van der Waals surface area (Å²) in [5.41, 5.74) is -0.112. The van der Waals surface area contributed by atoms with E-state index < -0.39 is 0 Å². The first kappa shape index (κ1) is 8.81. The van der Waals surface area contributed by atoms with E-state index in [-0.39, 0.29) is 23.2 Å². The van der Waals surface area contributed by atoms with Gasteiger partial charge in [0.25, 0.3) is 0 Å². The lowest BCUT2D eigenvalue weighted by Gasteiger charge is -2.38. The van der Waals surface area contributed by atoms with Crippen molar-refractivity contribution in [3.05, 3.63) is 0 Å². The van der Waals surface area contributed by atoms with E-state index in [1.165, 1.54) is 0 Å². The number of likely N-dealkylation sites (tertiary alicyclic amines) is 1. The Kier molecular flexibility index (Phi) is 1.95. The molecule has 2 rings (SSSR count). The molecule has 2 aliphatic rings. The van der Waals surface area contributed by atoms with Crippen molar-refractivity contribution < 1.29 is 9.59 Å². The van der Waals surface area contributed by atoms with E-state index in [9.17, 15) is 9.59 Å². The molecule has 0 saturated carbocycles. The van der Waals surface area contributed by atoms with Gasteiger partial charge in [0.1, 0.15) is 5.88 Å². The van der Waals surface area contributed by atoms with E-state index in [2.05, 4.69) is 5.32 Å². The lowest BCUT2D eigenvalue weighted by Crippen LogP contribution is -2.62. The van der Waals surface area contributed by atoms with Crippen LogP contribution in [0.5, 0.6) is 0 Å². The minimum atomic E-state index is -0.112. The van der Waals surface area contributed by atoms with E-state index in [0.717, 1.165) is 6.42 Å². The van der Waals surface area contributed by atoms with Crippen LogP contribution in [-0.4, -0.2) is 41.2 Å². The zero-order chi connectivity index (χ0) is 9.47. The van der Waals surface area contributed by atoms with Gasteiger partial charge in [0.15, 0.2) is 0 Å². The average molecular weight is 203 g/mol. The molecule has 0 aromatic carbocycles. The molecule has 0 aromatic rings. The fourth-order valence-corrected chi connectivity index (χ4v) is 2.17. The number of β-lactam (4-membered cyclic amide) rings is 1. The van der Waals surface area contributed by atoms with Crippen LogP contribution in [0.15, 0.2) is 0 Å². The maximum Gasteiger partial charge on any atom is 0.237 e. The summed E-state index contributed by atoms with van der Waals surface area (Å²) >= 11 is 5.44. The molecule has 2 aliphatic heterocycles. The molecular formula is C8H11ClN2O2. The summed E-state index contributed by atoms with van der Waals surface area (Å²) in [6, 6.07) is 0. The normalized spacial score (nSPS) is 31.8. The van der Waals surface area contributed by atoms with Crippen LogP contribution in [0.2, 0.25) is 0 Å². The molecule has 0 aromatic heterocycles. The Hall–Kier alpha value is -0.770. The third-order valence-electron chi connectivity index (χ3n) is 2.72. The second-order valence-electron chi connectivity index (χ2n) is 3.70. The predicted molar refractivity (Wildman–Crippen MR) is 47.4 cm³/mol. The van der Waals surface area contributed by atoms with Crippen LogP contribution < -0.4 is 5.32 Å². The quantitative estimate of drug-likeness (QED) is 0.470. The molecule has 0 unspecified atom stereocenters. The Bertz CT molecular complexity index is 259. The summed E-state index contributed by atoms with van der Waals surface area (Å²) in [5.74, 6) is 0.0733. The summed E-state index contributed by atoms with van der Waals surface area (Å²) in [7, 11) is 0. The summed E-state index contributed by atoms with van der Waals surface area (Å²) in [6.07, 6.45) is 1.42. The lowest BCUT2D eigenvalue weighted by molar-refractivity contribution is -0.134. The number of hydrogen-bond donors (Lipinski definition) is 1. The van der Waals surface area contributed by atoms with Gasteiger partial charge in [-0.2, -0.15) is 0 Å². The summed E-state index contributed by atoms with van der Waals surface area (Å²) in [6.45, 7) is 1.34. The molecule has 0 bridgehead atoms. The highest BCUT2D eigenvalue weighted by Gasteiger charge is 2.48. The van der Waals surface area contributed by atoms with Gasteiger partial charge in [-0.1, -0.05) is 0 Å². The van der Waals surface area contributed by atoms with Crippen molar-refractivity contribution in [1.82, 2.24) is 10.2 Å². The molecule has 0 radical (unpaired) electrons. The van der Waals surface area contributed by atoms with Crippen molar-refractivity contribution in [2.45, 2.75) is 18.4 Å². The molecule has 1 spiro atoms. The Balaban J connectivity index is 1.95. The van der Waals surface area contributed by atoms with Crippen LogP contribution >= 0.6 is 11.6 Å². The summed E-state index contributed by atoms with van der Waals surface area (Å²) < 4.78 is 0. The lowest BCUT2D eigenvalue weighted by atomic mass is 9.86. The maximum atomic E-state index is 11.2. The van der Waals surface area contributed by atoms with Crippen molar-refractivity contribution in [1.29, 1.82) is 0 Å². The minimum absolute atomic E-state index is 0.0318. The summed E-state index contributed by atoms with van der Waals surface area (Å²) in [5, 5.41) is 2.85. The highest BCUT2D eigenvalue weighted by molar-refractivity contribution is 6.27. The monoisotopic (exact) mass is 202 g/mol. The van der Waals surface area contributed by atoms with Gasteiger partial charge in [0.2, 0.25) is 11.8 Å². The van der Waals surface area contributed by atoms with E-state index in [4.69, 9.17) is 11.6 Å². The Morgan fingerprint density at radius 3 is 2.92 bits per heavy atom. The molecule has 1 N–H and O–H groups in total. The van der Waals surface area contributed by atoms with Gasteiger partial charge in [-0.3, -0.25) is 9.59 Å². The first-order valence-corrected chi connectivity index (χ1v) is 4.83. The molecule has 2 amide bonds. The first-order chi connectivity index (χ1) is 6.15. The Labute approximate surface area is 81.2 Å². The zero-order valence-corrected chi connectivity index (χ0v) is 7.93. The standard InChI is InChI=1S/C8H11ClN2O2/c9-4-7(13)11-2-1-8(5-11)3-6(12)10-8/h1-5H2,(H,10,12)/t8-/m1/s1. The van der Waals surface area contributed by atoms with Crippen LogP contribution in [0.3, 0.4) is 0 Å². The smallest absolute Gasteiger partial charge is 0.237 e. The van der Waals surface area contributed by atoms with Gasteiger partial charge < -0.3 is 10.2 Å². The van der Waals surface area contributed by atoms with Crippen LogP contribution in [0.1, 0.15) is 12.8 Å². The minimum Gasteiger partial charge on any atom is -0.348 e. The number of rotatable bonds is 1. The second kappa shape index (κ2) is 2.87. The van der Waals surface area contributed by atoms with Gasteiger partial charge >= 0.3 is 0 Å². The van der Waals surface area contributed by atoms with Crippen molar-refractivity contribution in [3.63, 3.8) is 0 Å². The molecule has 5 heteroatoms. The van der Waals surface area contributed by atoms with E-state index in [1.54, 1.807) is 4.90 Å². The number of nitrogens with zero attached hydrogens (tertiary/aromatic N) is 1. The predicted octanol–water partition coefficient (Wildman–Crippen LogP) is -0.284. The number of carbonyl (C=O) groups is 2. The van der Waals surface area contributed by atoms with Crippen LogP contribution in [0, 0.1) is 0 Å². The van der Waals surface area contributed by atoms with Crippen molar-refractivity contribution >= 4 is 23.4 Å². The molecule has 2 saturated heterocycles. The van der Waals surface area contributed by atoms with E-state index in [0.29, 0.717) is 19.5 Å². The van der Waals surface area contributed by atoms with Crippen molar-refractivity contribution in [3.8, 4) is 0 Å². The van der Waals surface area contributed by atoms with Gasteiger partial charge in [-0.05, 0) is 6.42 Å². The van der Waals surface area contributed by atoms with Crippen molar-refractivity contribution in [2.24, 2.45) is 0 Å². The number of halogens is 1. The fraction of sp³-hybridized carbons (Fsp3) is 0.750. The van der Waals surface area contributed by atoms with Gasteiger partial charge in [0, 0.05) is 13.1 Å². The van der Waals surface area contributed by atoms with E-state index >= 15 is 0 Å². The molecule has 2 fully saturated rings. The summed E-state index contributed by atoms with van der Waals surface area (Å²) in [4.78, 5) is 23.7. The number of nitrogens with one attached hydrogen (secondary N) is 1. The first-order valence-electron chi connectivity index (χ1n) is 4.30.